The van der Waals surface area contributed by atoms with Crippen molar-refractivity contribution in [3.8, 4) is 0 Å². The van der Waals surface area contributed by atoms with Gasteiger partial charge in [0.1, 0.15) is 5.67 Å². The second kappa shape index (κ2) is 6.04. The Morgan fingerprint density at radius 3 is 2.89 bits per heavy atom. The van der Waals surface area contributed by atoms with E-state index in [1.807, 2.05) is 16.9 Å². The van der Waals surface area contributed by atoms with E-state index in [1.165, 1.54) is 0 Å². The molecule has 1 fully saturated rings. The molecule has 0 bridgehead atoms. The maximum atomic E-state index is 14.8. The quantitative estimate of drug-likeness (QED) is 0.888. The minimum atomic E-state index is -1.15. The fourth-order valence-corrected chi connectivity index (χ4v) is 3.18. The maximum absolute atomic E-state index is 14.8. The Hall–Kier alpha value is -0.900. The standard InChI is InChI=1S/C15H26FN3/c1-3-14(4-2)19-9-7-13(18-19)11-15(16)8-5-6-12(17)10-15/h7,9,12,14H,3-6,8,10-11,17H2,1-2H3. The Morgan fingerprint density at radius 2 is 2.26 bits per heavy atom. The fraction of sp³-hybridized carbons (Fsp3) is 0.800. The van der Waals surface area contributed by atoms with Crippen molar-refractivity contribution in [1.29, 1.82) is 0 Å². The number of rotatable bonds is 5. The van der Waals surface area contributed by atoms with Crippen LogP contribution in [0.2, 0.25) is 0 Å². The molecule has 0 amide bonds. The van der Waals surface area contributed by atoms with Crippen LogP contribution in [-0.4, -0.2) is 21.5 Å². The summed E-state index contributed by atoms with van der Waals surface area (Å²) in [6.07, 6.45) is 7.46. The van der Waals surface area contributed by atoms with Crippen LogP contribution in [0.4, 0.5) is 4.39 Å². The lowest BCUT2D eigenvalue weighted by Crippen LogP contribution is -2.39. The largest absolute Gasteiger partial charge is 0.328 e. The van der Waals surface area contributed by atoms with E-state index in [9.17, 15) is 4.39 Å². The molecular formula is C15H26FN3. The molecule has 1 saturated carbocycles. The van der Waals surface area contributed by atoms with E-state index >= 15 is 0 Å². The van der Waals surface area contributed by atoms with Gasteiger partial charge in [0.2, 0.25) is 0 Å². The van der Waals surface area contributed by atoms with Gasteiger partial charge in [-0.25, -0.2) is 4.39 Å². The lowest BCUT2D eigenvalue weighted by Gasteiger charge is -2.32. The summed E-state index contributed by atoms with van der Waals surface area (Å²) in [5.74, 6) is 0. The third-order valence-electron chi connectivity index (χ3n) is 4.31. The summed E-state index contributed by atoms with van der Waals surface area (Å²) in [6.45, 7) is 4.32. The van der Waals surface area contributed by atoms with Crippen LogP contribution in [0.25, 0.3) is 0 Å². The number of aromatic nitrogens is 2. The van der Waals surface area contributed by atoms with Crippen molar-refractivity contribution in [1.82, 2.24) is 9.78 Å². The SMILES string of the molecule is CCC(CC)n1ccc(CC2(F)CCCC(N)C2)n1. The van der Waals surface area contributed by atoms with Crippen LogP contribution < -0.4 is 5.73 Å². The molecule has 0 saturated heterocycles. The molecule has 1 aliphatic carbocycles. The maximum Gasteiger partial charge on any atom is 0.118 e. The Labute approximate surface area is 115 Å². The summed E-state index contributed by atoms with van der Waals surface area (Å²) in [6, 6.07) is 2.40. The van der Waals surface area contributed by atoms with E-state index in [0.717, 1.165) is 31.4 Å². The summed E-state index contributed by atoms with van der Waals surface area (Å²) in [5.41, 5.74) is 5.61. The summed E-state index contributed by atoms with van der Waals surface area (Å²) < 4.78 is 16.7. The van der Waals surface area contributed by atoms with Crippen LogP contribution >= 0.6 is 0 Å². The van der Waals surface area contributed by atoms with Crippen LogP contribution in [0.15, 0.2) is 12.3 Å². The fourth-order valence-electron chi connectivity index (χ4n) is 3.18. The van der Waals surface area contributed by atoms with Crippen molar-refractivity contribution in [3.63, 3.8) is 0 Å². The molecular weight excluding hydrogens is 241 g/mol. The molecule has 2 rings (SSSR count). The van der Waals surface area contributed by atoms with Gasteiger partial charge < -0.3 is 5.73 Å². The van der Waals surface area contributed by atoms with Gasteiger partial charge >= 0.3 is 0 Å². The van der Waals surface area contributed by atoms with Gasteiger partial charge in [-0.1, -0.05) is 13.8 Å². The highest BCUT2D eigenvalue weighted by atomic mass is 19.1. The molecule has 3 nitrogen and oxygen atoms in total. The average Bonchev–Trinajstić information content (AvgIpc) is 2.78. The predicted molar refractivity (Wildman–Crippen MR) is 75.8 cm³/mol. The van der Waals surface area contributed by atoms with Crippen molar-refractivity contribution in [2.45, 2.75) is 76.5 Å². The lowest BCUT2D eigenvalue weighted by atomic mass is 9.81. The molecule has 0 aliphatic heterocycles. The van der Waals surface area contributed by atoms with Gasteiger partial charge in [0.05, 0.1) is 11.7 Å². The zero-order valence-electron chi connectivity index (χ0n) is 12.1. The number of alkyl halides is 1. The van der Waals surface area contributed by atoms with Crippen LogP contribution in [0, 0.1) is 0 Å². The predicted octanol–water partition coefficient (Wildman–Crippen LogP) is 3.40. The number of halogens is 1. The molecule has 0 radical (unpaired) electrons. The van der Waals surface area contributed by atoms with Gasteiger partial charge in [0.15, 0.2) is 0 Å². The van der Waals surface area contributed by atoms with E-state index in [-0.39, 0.29) is 6.04 Å². The summed E-state index contributed by atoms with van der Waals surface area (Å²) in [7, 11) is 0. The molecule has 0 aromatic carbocycles. The van der Waals surface area contributed by atoms with Gasteiger partial charge in [-0.15, -0.1) is 0 Å². The summed E-state index contributed by atoms with van der Waals surface area (Å²) in [5, 5.41) is 4.55. The number of hydrogen-bond acceptors (Lipinski definition) is 2. The minimum Gasteiger partial charge on any atom is -0.328 e. The smallest absolute Gasteiger partial charge is 0.118 e. The minimum absolute atomic E-state index is 0.0138. The summed E-state index contributed by atoms with van der Waals surface area (Å²) in [4.78, 5) is 0. The number of hydrogen-bond donors (Lipinski definition) is 1. The van der Waals surface area contributed by atoms with Crippen LogP contribution in [0.5, 0.6) is 0 Å². The number of nitrogens with two attached hydrogens (primary N) is 1. The van der Waals surface area contributed by atoms with Crippen molar-refractivity contribution in [2.75, 3.05) is 0 Å². The normalized spacial score (nSPS) is 27.9. The van der Waals surface area contributed by atoms with Crippen LogP contribution in [0.3, 0.4) is 0 Å². The Bertz CT molecular complexity index is 400. The molecule has 0 spiro atoms. The highest BCUT2D eigenvalue weighted by Crippen LogP contribution is 2.34. The third-order valence-corrected chi connectivity index (χ3v) is 4.31. The van der Waals surface area contributed by atoms with Gasteiger partial charge in [-0.05, 0) is 44.6 Å². The van der Waals surface area contributed by atoms with E-state index in [1.54, 1.807) is 0 Å². The highest BCUT2D eigenvalue weighted by molar-refractivity contribution is 5.06. The molecule has 1 aromatic heterocycles. The molecule has 2 N–H and O–H groups in total. The van der Waals surface area contributed by atoms with E-state index in [0.29, 0.717) is 25.3 Å². The Morgan fingerprint density at radius 1 is 1.53 bits per heavy atom. The van der Waals surface area contributed by atoms with E-state index < -0.39 is 5.67 Å². The Kier molecular flexibility index (Phi) is 4.61. The van der Waals surface area contributed by atoms with Crippen LogP contribution in [-0.2, 0) is 6.42 Å². The molecule has 108 valence electrons. The van der Waals surface area contributed by atoms with Crippen molar-refractivity contribution in [3.05, 3.63) is 18.0 Å². The molecule has 2 atom stereocenters. The zero-order valence-corrected chi connectivity index (χ0v) is 12.1. The third kappa shape index (κ3) is 3.56. The van der Waals surface area contributed by atoms with E-state index in [2.05, 4.69) is 18.9 Å². The molecule has 1 heterocycles. The lowest BCUT2D eigenvalue weighted by molar-refractivity contribution is 0.0951. The number of nitrogens with zero attached hydrogens (tertiary/aromatic N) is 2. The first kappa shape index (κ1) is 14.5. The second-order valence-electron chi connectivity index (χ2n) is 5.94. The van der Waals surface area contributed by atoms with Crippen molar-refractivity contribution < 1.29 is 4.39 Å². The van der Waals surface area contributed by atoms with Crippen molar-refractivity contribution in [2.24, 2.45) is 5.73 Å². The first-order valence-corrected chi connectivity index (χ1v) is 7.55. The first-order valence-electron chi connectivity index (χ1n) is 7.55. The van der Waals surface area contributed by atoms with Crippen LogP contribution in [0.1, 0.15) is 64.1 Å². The summed E-state index contributed by atoms with van der Waals surface area (Å²) >= 11 is 0. The highest BCUT2D eigenvalue weighted by Gasteiger charge is 2.36. The topological polar surface area (TPSA) is 43.8 Å². The molecule has 4 heteroatoms. The monoisotopic (exact) mass is 267 g/mol. The first-order chi connectivity index (χ1) is 9.06. The second-order valence-corrected chi connectivity index (χ2v) is 5.94. The average molecular weight is 267 g/mol. The molecule has 19 heavy (non-hydrogen) atoms. The zero-order chi connectivity index (χ0) is 13.9. The molecule has 1 aliphatic rings. The molecule has 2 unspecified atom stereocenters. The van der Waals surface area contributed by atoms with Gasteiger partial charge in [-0.3, -0.25) is 4.68 Å². The van der Waals surface area contributed by atoms with Gasteiger partial charge in [-0.2, -0.15) is 5.10 Å². The Balaban J connectivity index is 2.03. The van der Waals surface area contributed by atoms with Gasteiger partial charge in [0.25, 0.3) is 0 Å². The molecule has 1 aromatic rings. The van der Waals surface area contributed by atoms with Gasteiger partial charge in [0, 0.05) is 18.7 Å². The van der Waals surface area contributed by atoms with Crippen molar-refractivity contribution >= 4 is 0 Å². The van der Waals surface area contributed by atoms with E-state index in [4.69, 9.17) is 5.73 Å².